The van der Waals surface area contributed by atoms with Gasteiger partial charge in [0, 0.05) is 58.6 Å². The van der Waals surface area contributed by atoms with E-state index >= 15 is 0 Å². The molecule has 2 saturated heterocycles. The van der Waals surface area contributed by atoms with Crippen molar-refractivity contribution in [2.75, 3.05) is 39.3 Å². The van der Waals surface area contributed by atoms with Crippen LogP contribution >= 0.6 is 0 Å². The van der Waals surface area contributed by atoms with Gasteiger partial charge >= 0.3 is 0 Å². The van der Waals surface area contributed by atoms with E-state index in [1.807, 2.05) is 14.0 Å². The van der Waals surface area contributed by atoms with Gasteiger partial charge in [-0.1, -0.05) is 0 Å². The Morgan fingerprint density at radius 2 is 2.00 bits per heavy atom. The van der Waals surface area contributed by atoms with Crippen LogP contribution in [0.4, 0.5) is 0 Å². The van der Waals surface area contributed by atoms with Crippen LogP contribution in [0, 0.1) is 6.92 Å². The number of sulfonamides is 1. The van der Waals surface area contributed by atoms with E-state index in [9.17, 15) is 8.42 Å². The van der Waals surface area contributed by atoms with E-state index in [0.29, 0.717) is 25.0 Å². The number of aryl methyl sites for hydroxylation is 2. The van der Waals surface area contributed by atoms with E-state index in [1.54, 1.807) is 15.1 Å². The van der Waals surface area contributed by atoms with Crippen LogP contribution in [-0.2, 0) is 17.1 Å². The topological polar surface area (TPSA) is 70.5 Å². The molecule has 0 saturated carbocycles. The zero-order chi connectivity index (χ0) is 15.0. The van der Waals surface area contributed by atoms with Gasteiger partial charge in [0.15, 0.2) is 5.03 Å². The molecule has 0 amide bonds. The summed E-state index contributed by atoms with van der Waals surface area (Å²) in [4.78, 5) is 6.57. The van der Waals surface area contributed by atoms with Gasteiger partial charge < -0.3 is 9.88 Å². The van der Waals surface area contributed by atoms with Crippen LogP contribution in [0.15, 0.2) is 11.2 Å². The number of piperazine rings is 1. The van der Waals surface area contributed by atoms with Gasteiger partial charge in [-0.05, 0) is 13.3 Å². The van der Waals surface area contributed by atoms with Crippen LogP contribution in [0.1, 0.15) is 12.2 Å². The molecule has 3 heterocycles. The maximum Gasteiger partial charge on any atom is 0.262 e. The maximum absolute atomic E-state index is 12.6. The molecule has 3 rings (SSSR count). The summed E-state index contributed by atoms with van der Waals surface area (Å²) in [5, 5.41) is 3.50. The quantitative estimate of drug-likeness (QED) is 0.807. The molecule has 0 bridgehead atoms. The zero-order valence-corrected chi connectivity index (χ0v) is 13.4. The van der Waals surface area contributed by atoms with Gasteiger partial charge in [0.1, 0.15) is 5.82 Å². The molecule has 21 heavy (non-hydrogen) atoms. The molecule has 2 fully saturated rings. The number of nitrogens with zero attached hydrogens (tertiary/aromatic N) is 4. The summed E-state index contributed by atoms with van der Waals surface area (Å²) in [6, 6.07) is 0.340. The Hall–Kier alpha value is -0.960. The molecule has 0 aromatic carbocycles. The normalized spacial score (nSPS) is 25.5. The van der Waals surface area contributed by atoms with Gasteiger partial charge in [-0.25, -0.2) is 13.4 Å². The van der Waals surface area contributed by atoms with E-state index < -0.39 is 10.0 Å². The molecule has 7 nitrogen and oxygen atoms in total. The minimum atomic E-state index is -3.45. The van der Waals surface area contributed by atoms with Crippen molar-refractivity contribution < 1.29 is 8.42 Å². The second kappa shape index (κ2) is 5.68. The molecule has 2 aliphatic rings. The van der Waals surface area contributed by atoms with Crippen molar-refractivity contribution in [2.24, 2.45) is 7.05 Å². The highest BCUT2D eigenvalue weighted by Gasteiger charge is 2.36. The Kier molecular flexibility index (Phi) is 4.04. The molecule has 2 aliphatic heterocycles. The van der Waals surface area contributed by atoms with Crippen LogP contribution in [0.3, 0.4) is 0 Å². The van der Waals surface area contributed by atoms with Crippen molar-refractivity contribution in [3.8, 4) is 0 Å². The number of hydrogen-bond donors (Lipinski definition) is 1. The lowest BCUT2D eigenvalue weighted by molar-refractivity contribution is 0.179. The first-order chi connectivity index (χ1) is 9.98. The highest BCUT2D eigenvalue weighted by molar-refractivity contribution is 7.89. The summed E-state index contributed by atoms with van der Waals surface area (Å²) >= 11 is 0. The molecule has 0 spiro atoms. The highest BCUT2D eigenvalue weighted by atomic mass is 32.2. The third-order valence-electron chi connectivity index (χ3n) is 4.48. The second-order valence-corrected chi connectivity index (χ2v) is 7.71. The van der Waals surface area contributed by atoms with Crippen molar-refractivity contribution in [3.05, 3.63) is 12.0 Å². The highest BCUT2D eigenvalue weighted by Crippen LogP contribution is 2.23. The number of imidazole rings is 1. The largest absolute Gasteiger partial charge is 0.337 e. The molecule has 0 aliphatic carbocycles. The molecular formula is C13H23N5O2S. The van der Waals surface area contributed by atoms with Gasteiger partial charge in [-0.15, -0.1) is 0 Å². The predicted molar refractivity (Wildman–Crippen MR) is 79.6 cm³/mol. The molecule has 0 radical (unpaired) electrons. The second-order valence-electron chi connectivity index (χ2n) is 5.83. The first-order valence-corrected chi connectivity index (χ1v) is 8.87. The summed E-state index contributed by atoms with van der Waals surface area (Å²) in [6.45, 7) is 6.96. The smallest absolute Gasteiger partial charge is 0.262 e. The van der Waals surface area contributed by atoms with Gasteiger partial charge in [0.2, 0.25) is 0 Å². The summed E-state index contributed by atoms with van der Waals surface area (Å²) in [7, 11) is -1.64. The lowest BCUT2D eigenvalue weighted by atomic mass is 10.2. The van der Waals surface area contributed by atoms with E-state index in [-0.39, 0.29) is 5.03 Å². The monoisotopic (exact) mass is 313 g/mol. The van der Waals surface area contributed by atoms with E-state index in [1.165, 1.54) is 0 Å². The Bertz CT molecular complexity index is 587. The van der Waals surface area contributed by atoms with Crippen LogP contribution in [0.2, 0.25) is 0 Å². The van der Waals surface area contributed by atoms with Gasteiger partial charge in [0.05, 0.1) is 0 Å². The summed E-state index contributed by atoms with van der Waals surface area (Å²) < 4.78 is 28.6. The first-order valence-electron chi connectivity index (χ1n) is 7.43. The first kappa shape index (κ1) is 15.0. The van der Waals surface area contributed by atoms with E-state index in [0.717, 1.165) is 32.6 Å². The zero-order valence-electron chi connectivity index (χ0n) is 12.6. The maximum atomic E-state index is 12.6. The lowest BCUT2D eigenvalue weighted by Gasteiger charge is -2.32. The average molecular weight is 313 g/mol. The lowest BCUT2D eigenvalue weighted by Crippen LogP contribution is -2.49. The van der Waals surface area contributed by atoms with Crippen LogP contribution < -0.4 is 5.32 Å². The van der Waals surface area contributed by atoms with Gasteiger partial charge in [-0.3, -0.25) is 4.90 Å². The summed E-state index contributed by atoms with van der Waals surface area (Å²) in [5.41, 5.74) is 0. The number of hydrogen-bond acceptors (Lipinski definition) is 5. The third kappa shape index (κ3) is 2.85. The molecule has 1 aromatic rings. The van der Waals surface area contributed by atoms with Crippen molar-refractivity contribution in [2.45, 2.75) is 24.4 Å². The Morgan fingerprint density at radius 1 is 1.29 bits per heavy atom. The fraction of sp³-hybridized carbons (Fsp3) is 0.769. The molecule has 1 N–H and O–H groups in total. The molecule has 1 atom stereocenters. The molecule has 1 unspecified atom stereocenters. The number of rotatable bonds is 3. The molecule has 118 valence electrons. The van der Waals surface area contributed by atoms with E-state index in [4.69, 9.17) is 0 Å². The fourth-order valence-corrected chi connectivity index (χ4v) is 4.57. The van der Waals surface area contributed by atoms with Gasteiger partial charge in [0.25, 0.3) is 10.0 Å². The predicted octanol–water partition coefficient (Wildman–Crippen LogP) is -0.603. The SMILES string of the molecule is Cc1nc(S(=O)(=O)N2CCC(N3CCNCC3)C2)cn1C. The van der Waals surface area contributed by atoms with Gasteiger partial charge in [-0.2, -0.15) is 4.31 Å². The summed E-state index contributed by atoms with van der Waals surface area (Å²) in [6.07, 6.45) is 2.51. The molecule has 1 aromatic heterocycles. The molecular weight excluding hydrogens is 290 g/mol. The minimum Gasteiger partial charge on any atom is -0.337 e. The number of aromatic nitrogens is 2. The minimum absolute atomic E-state index is 0.170. The fourth-order valence-electron chi connectivity index (χ4n) is 3.06. The van der Waals surface area contributed by atoms with Crippen molar-refractivity contribution in [1.82, 2.24) is 24.1 Å². The van der Waals surface area contributed by atoms with Crippen LogP contribution in [-0.4, -0.2) is 72.5 Å². The van der Waals surface area contributed by atoms with E-state index in [2.05, 4.69) is 15.2 Å². The van der Waals surface area contributed by atoms with Crippen LogP contribution in [0.5, 0.6) is 0 Å². The standard InChI is InChI=1S/C13H23N5O2S/c1-11-15-13(10-16(11)2)21(19,20)18-6-3-12(9-18)17-7-4-14-5-8-17/h10,12,14H,3-9H2,1-2H3. The Balaban J connectivity index is 1.72. The number of nitrogens with one attached hydrogen (secondary N) is 1. The average Bonchev–Trinajstić information content (AvgIpc) is 3.09. The Labute approximate surface area is 126 Å². The Morgan fingerprint density at radius 3 is 2.62 bits per heavy atom. The van der Waals surface area contributed by atoms with Crippen molar-refractivity contribution in [1.29, 1.82) is 0 Å². The van der Waals surface area contributed by atoms with Crippen molar-refractivity contribution >= 4 is 10.0 Å². The summed E-state index contributed by atoms with van der Waals surface area (Å²) in [5.74, 6) is 0.714. The van der Waals surface area contributed by atoms with Crippen molar-refractivity contribution in [3.63, 3.8) is 0 Å². The third-order valence-corrected chi connectivity index (χ3v) is 6.22. The molecule has 8 heteroatoms. The van der Waals surface area contributed by atoms with Crippen LogP contribution in [0.25, 0.3) is 0 Å².